The van der Waals surface area contributed by atoms with E-state index in [4.69, 9.17) is 0 Å². The van der Waals surface area contributed by atoms with Crippen molar-refractivity contribution in [1.82, 2.24) is 9.62 Å². The Kier molecular flexibility index (Phi) is 7.32. The van der Waals surface area contributed by atoms with Crippen LogP contribution in [0.1, 0.15) is 72.6 Å². The van der Waals surface area contributed by atoms with E-state index in [1.165, 1.54) is 11.6 Å². The first kappa shape index (κ1) is 22.5. The number of carbonyl (C=O) groups excluding carboxylic acids is 1. The number of hydrogen-bond donors (Lipinski definition) is 1. The van der Waals surface area contributed by atoms with Crippen molar-refractivity contribution in [2.75, 3.05) is 13.1 Å². The van der Waals surface area contributed by atoms with Gasteiger partial charge in [0.25, 0.3) is 5.91 Å². The summed E-state index contributed by atoms with van der Waals surface area (Å²) >= 11 is 0. The minimum Gasteiger partial charge on any atom is -0.346 e. The fourth-order valence-corrected chi connectivity index (χ4v) is 5.38. The summed E-state index contributed by atoms with van der Waals surface area (Å²) in [6.45, 7) is 6.96. The second-order valence-corrected chi connectivity index (χ2v) is 10.0. The second-order valence-electron chi connectivity index (χ2n) is 8.09. The molecule has 5 nitrogen and oxygen atoms in total. The maximum Gasteiger partial charge on any atom is 0.252 e. The van der Waals surface area contributed by atoms with Gasteiger partial charge in [-0.1, -0.05) is 50.1 Å². The van der Waals surface area contributed by atoms with Crippen molar-refractivity contribution in [3.63, 3.8) is 0 Å². The third-order valence-electron chi connectivity index (χ3n) is 5.89. The number of rotatable bonds is 6. The van der Waals surface area contributed by atoms with Crippen molar-refractivity contribution in [2.24, 2.45) is 0 Å². The number of carbonyl (C=O) groups is 1. The van der Waals surface area contributed by atoms with Crippen LogP contribution in [0.4, 0.5) is 0 Å². The summed E-state index contributed by atoms with van der Waals surface area (Å²) < 4.78 is 27.8. The molecule has 0 unspecified atom stereocenters. The van der Waals surface area contributed by atoms with Crippen LogP contribution in [-0.4, -0.2) is 31.7 Å². The van der Waals surface area contributed by atoms with Crippen LogP contribution >= 0.6 is 0 Å². The summed E-state index contributed by atoms with van der Waals surface area (Å²) in [7, 11) is -3.59. The average molecular weight is 429 g/mol. The Morgan fingerprint density at radius 3 is 2.27 bits per heavy atom. The maximum absolute atomic E-state index is 13.1. The molecule has 1 fully saturated rings. The number of sulfonamides is 1. The number of aryl methyl sites for hydroxylation is 2. The predicted molar refractivity (Wildman–Crippen MR) is 120 cm³/mol. The molecule has 2 aromatic rings. The third kappa shape index (κ3) is 5.10. The quantitative estimate of drug-likeness (QED) is 0.730. The number of amides is 1. The minimum atomic E-state index is -3.59. The summed E-state index contributed by atoms with van der Waals surface area (Å²) in [5.41, 5.74) is 3.44. The highest BCUT2D eigenvalue weighted by atomic mass is 32.2. The van der Waals surface area contributed by atoms with E-state index in [0.29, 0.717) is 18.7 Å². The molecule has 1 N–H and O–H groups in total. The summed E-state index contributed by atoms with van der Waals surface area (Å²) in [6.07, 6.45) is 4.85. The van der Waals surface area contributed by atoms with Crippen LogP contribution in [0.25, 0.3) is 0 Å². The molecular weight excluding hydrogens is 396 g/mol. The predicted octanol–water partition coefficient (Wildman–Crippen LogP) is 4.61. The van der Waals surface area contributed by atoms with Gasteiger partial charge in [0.1, 0.15) is 0 Å². The fraction of sp³-hybridized carbons (Fsp3) is 0.458. The molecule has 30 heavy (non-hydrogen) atoms. The van der Waals surface area contributed by atoms with Gasteiger partial charge in [0.05, 0.1) is 10.9 Å². The zero-order chi connectivity index (χ0) is 21.7. The number of benzene rings is 2. The summed E-state index contributed by atoms with van der Waals surface area (Å²) in [6, 6.07) is 12.9. The average Bonchev–Trinajstić information content (AvgIpc) is 3.04. The second kappa shape index (κ2) is 9.75. The summed E-state index contributed by atoms with van der Waals surface area (Å²) in [4.78, 5) is 13.2. The largest absolute Gasteiger partial charge is 0.346 e. The molecule has 162 valence electrons. The maximum atomic E-state index is 13.1. The Labute approximate surface area is 180 Å². The van der Waals surface area contributed by atoms with Crippen LogP contribution in [0.5, 0.6) is 0 Å². The molecule has 0 saturated carbocycles. The smallest absolute Gasteiger partial charge is 0.252 e. The molecule has 1 saturated heterocycles. The Hall–Kier alpha value is -2.18. The molecule has 0 radical (unpaired) electrons. The molecule has 0 aromatic heterocycles. The van der Waals surface area contributed by atoms with Gasteiger partial charge in [-0.15, -0.1) is 0 Å². The minimum absolute atomic E-state index is 0.173. The molecule has 3 rings (SSSR count). The van der Waals surface area contributed by atoms with Gasteiger partial charge in [0.15, 0.2) is 0 Å². The lowest BCUT2D eigenvalue weighted by Gasteiger charge is -2.21. The summed E-state index contributed by atoms with van der Waals surface area (Å²) in [5.74, 6) is -0.257. The van der Waals surface area contributed by atoms with E-state index in [9.17, 15) is 13.2 Å². The lowest BCUT2D eigenvalue weighted by atomic mass is 10.0. The molecule has 1 atom stereocenters. The summed E-state index contributed by atoms with van der Waals surface area (Å²) in [5, 5.41) is 3.01. The highest BCUT2D eigenvalue weighted by Gasteiger charge is 2.26. The first-order valence-corrected chi connectivity index (χ1v) is 12.3. The van der Waals surface area contributed by atoms with E-state index in [1.54, 1.807) is 16.4 Å². The van der Waals surface area contributed by atoms with Crippen molar-refractivity contribution in [1.29, 1.82) is 0 Å². The van der Waals surface area contributed by atoms with Crippen molar-refractivity contribution in [2.45, 2.75) is 63.8 Å². The highest BCUT2D eigenvalue weighted by molar-refractivity contribution is 7.89. The van der Waals surface area contributed by atoms with Gasteiger partial charge in [0.2, 0.25) is 10.0 Å². The van der Waals surface area contributed by atoms with Crippen molar-refractivity contribution < 1.29 is 13.2 Å². The Morgan fingerprint density at radius 1 is 1.03 bits per heavy atom. The van der Waals surface area contributed by atoms with Gasteiger partial charge < -0.3 is 5.32 Å². The lowest BCUT2D eigenvalue weighted by Crippen LogP contribution is -2.32. The lowest BCUT2D eigenvalue weighted by molar-refractivity contribution is 0.0939. The third-order valence-corrected chi connectivity index (χ3v) is 7.79. The van der Waals surface area contributed by atoms with Gasteiger partial charge in [-0.25, -0.2) is 8.42 Å². The molecule has 0 aliphatic carbocycles. The molecule has 1 amide bonds. The van der Waals surface area contributed by atoms with Crippen LogP contribution in [0.15, 0.2) is 47.4 Å². The van der Waals surface area contributed by atoms with E-state index in [-0.39, 0.29) is 16.8 Å². The van der Waals surface area contributed by atoms with Crippen molar-refractivity contribution in [3.8, 4) is 0 Å². The molecule has 1 aliphatic rings. The van der Waals surface area contributed by atoms with Crippen LogP contribution in [0.2, 0.25) is 0 Å². The SMILES string of the molecule is CCc1ccc([C@@H](C)NC(=O)c2cc(S(=O)(=O)N3CCCCCC3)ccc2C)cc1. The standard InChI is InChI=1S/C24H32N2O3S/c1-4-20-10-12-21(13-11-20)19(3)25-24(27)23-17-22(14-9-18(23)2)30(28,29)26-15-7-5-6-8-16-26/h9-14,17,19H,4-8,15-16H2,1-3H3,(H,25,27)/t19-/m1/s1. The molecule has 6 heteroatoms. The van der Waals surface area contributed by atoms with E-state index in [1.807, 2.05) is 26.0 Å². The fourth-order valence-electron chi connectivity index (χ4n) is 3.84. The van der Waals surface area contributed by atoms with E-state index >= 15 is 0 Å². The van der Waals surface area contributed by atoms with Crippen molar-refractivity contribution >= 4 is 15.9 Å². The van der Waals surface area contributed by atoms with Crippen LogP contribution in [-0.2, 0) is 16.4 Å². The highest BCUT2D eigenvalue weighted by Crippen LogP contribution is 2.23. The molecular formula is C24H32N2O3S. The normalized spacial score (nSPS) is 16.6. The van der Waals surface area contributed by atoms with Gasteiger partial charge in [-0.2, -0.15) is 4.31 Å². The molecule has 2 aromatic carbocycles. The Balaban J connectivity index is 1.80. The van der Waals surface area contributed by atoms with Gasteiger partial charge >= 0.3 is 0 Å². The van der Waals surface area contributed by atoms with Crippen LogP contribution < -0.4 is 5.32 Å². The molecule has 1 heterocycles. The van der Waals surface area contributed by atoms with E-state index < -0.39 is 10.0 Å². The molecule has 0 spiro atoms. The Morgan fingerprint density at radius 2 is 1.67 bits per heavy atom. The van der Waals surface area contributed by atoms with Crippen LogP contribution in [0.3, 0.4) is 0 Å². The van der Waals surface area contributed by atoms with Crippen LogP contribution in [0, 0.1) is 6.92 Å². The first-order valence-electron chi connectivity index (χ1n) is 10.8. The van der Waals surface area contributed by atoms with Crippen molar-refractivity contribution in [3.05, 3.63) is 64.7 Å². The zero-order valence-electron chi connectivity index (χ0n) is 18.1. The number of nitrogens with one attached hydrogen (secondary N) is 1. The van der Waals surface area contributed by atoms with Gasteiger partial charge in [-0.05, 0) is 61.9 Å². The monoisotopic (exact) mass is 428 g/mol. The molecule has 0 bridgehead atoms. The number of nitrogens with zero attached hydrogens (tertiary/aromatic N) is 1. The van der Waals surface area contributed by atoms with E-state index in [0.717, 1.165) is 43.2 Å². The Bertz CT molecular complexity index is 976. The topological polar surface area (TPSA) is 66.5 Å². The number of hydrogen-bond acceptors (Lipinski definition) is 3. The van der Waals surface area contributed by atoms with Gasteiger partial charge in [0, 0.05) is 18.7 Å². The van der Waals surface area contributed by atoms with E-state index in [2.05, 4.69) is 24.4 Å². The first-order chi connectivity index (χ1) is 14.3. The van der Waals surface area contributed by atoms with Gasteiger partial charge in [-0.3, -0.25) is 4.79 Å². The molecule has 1 aliphatic heterocycles. The zero-order valence-corrected chi connectivity index (χ0v) is 19.0.